The monoisotopic (exact) mass is 309 g/mol. The Balaban J connectivity index is 2.11. The van der Waals surface area contributed by atoms with Gasteiger partial charge in [0.2, 0.25) is 0 Å². The van der Waals surface area contributed by atoms with Crippen molar-refractivity contribution in [2.24, 2.45) is 0 Å². The van der Waals surface area contributed by atoms with E-state index < -0.39 is 0 Å². The van der Waals surface area contributed by atoms with Crippen molar-refractivity contribution in [1.29, 1.82) is 0 Å². The predicted molar refractivity (Wildman–Crippen MR) is 84.4 cm³/mol. The van der Waals surface area contributed by atoms with Crippen LogP contribution in [0.4, 0.5) is 5.82 Å². The Labute approximate surface area is 128 Å². The van der Waals surface area contributed by atoms with Crippen molar-refractivity contribution in [2.75, 3.05) is 5.73 Å². The third-order valence-corrected chi connectivity index (χ3v) is 4.00. The summed E-state index contributed by atoms with van der Waals surface area (Å²) in [6, 6.07) is 5.44. The van der Waals surface area contributed by atoms with E-state index in [0.29, 0.717) is 21.8 Å². The first-order chi connectivity index (χ1) is 9.60. The van der Waals surface area contributed by atoms with E-state index in [0.717, 1.165) is 30.0 Å². The van der Waals surface area contributed by atoms with Crippen LogP contribution in [0.5, 0.6) is 0 Å². The standard InChI is InChI=1S/C15H17Cl2N3/c1-2-5-20-14(18)13(19-15(20)9-3-4-9)10-6-11(16)8-12(17)7-10/h6-9H,2-5,18H2,1H3. The molecule has 0 aliphatic heterocycles. The lowest BCUT2D eigenvalue weighted by atomic mass is 10.1. The lowest BCUT2D eigenvalue weighted by Crippen LogP contribution is -2.06. The lowest BCUT2D eigenvalue weighted by molar-refractivity contribution is 0.646. The average Bonchev–Trinajstić information content (AvgIpc) is 3.16. The number of aromatic nitrogens is 2. The largest absolute Gasteiger partial charge is 0.383 e. The van der Waals surface area contributed by atoms with Gasteiger partial charge in [0.25, 0.3) is 0 Å². The number of rotatable bonds is 4. The van der Waals surface area contributed by atoms with Crippen LogP contribution < -0.4 is 5.73 Å². The smallest absolute Gasteiger partial charge is 0.131 e. The Morgan fingerprint density at radius 3 is 2.45 bits per heavy atom. The Morgan fingerprint density at radius 2 is 1.90 bits per heavy atom. The summed E-state index contributed by atoms with van der Waals surface area (Å²) in [5, 5.41) is 1.20. The fourth-order valence-corrected chi connectivity index (χ4v) is 3.02. The molecule has 1 aromatic carbocycles. The molecular weight excluding hydrogens is 293 g/mol. The molecule has 0 unspecified atom stereocenters. The number of benzene rings is 1. The molecule has 0 bridgehead atoms. The summed E-state index contributed by atoms with van der Waals surface area (Å²) in [5.41, 5.74) is 7.98. The Hall–Kier alpha value is -1.19. The molecule has 2 N–H and O–H groups in total. The Kier molecular flexibility index (Phi) is 3.65. The molecule has 1 aromatic heterocycles. The second-order valence-corrected chi connectivity index (χ2v) is 6.16. The maximum atomic E-state index is 6.30. The normalized spacial score (nSPS) is 14.8. The van der Waals surface area contributed by atoms with E-state index in [1.165, 1.54) is 12.8 Å². The van der Waals surface area contributed by atoms with Gasteiger partial charge in [0, 0.05) is 28.1 Å². The van der Waals surface area contributed by atoms with E-state index in [1.807, 2.05) is 12.1 Å². The van der Waals surface area contributed by atoms with Gasteiger partial charge in [0.15, 0.2) is 0 Å². The molecule has 1 heterocycles. The van der Waals surface area contributed by atoms with Gasteiger partial charge >= 0.3 is 0 Å². The molecule has 1 fully saturated rings. The van der Waals surface area contributed by atoms with E-state index in [9.17, 15) is 0 Å². The molecule has 106 valence electrons. The third-order valence-electron chi connectivity index (χ3n) is 3.56. The van der Waals surface area contributed by atoms with E-state index in [-0.39, 0.29) is 0 Å². The van der Waals surface area contributed by atoms with Gasteiger partial charge in [-0.1, -0.05) is 30.1 Å². The third kappa shape index (κ3) is 2.52. The molecule has 5 heteroatoms. The first kappa shape index (κ1) is 13.8. The molecule has 1 aliphatic rings. The number of nitrogens with two attached hydrogens (primary N) is 1. The summed E-state index contributed by atoms with van der Waals surface area (Å²) >= 11 is 12.2. The fourth-order valence-electron chi connectivity index (χ4n) is 2.50. The number of imidazole rings is 1. The van der Waals surface area contributed by atoms with E-state index >= 15 is 0 Å². The Bertz CT molecular complexity index is 625. The fraction of sp³-hybridized carbons (Fsp3) is 0.400. The predicted octanol–water partition coefficient (Wildman–Crippen LogP) is 4.73. The molecule has 0 spiro atoms. The molecule has 0 atom stereocenters. The summed E-state index contributed by atoms with van der Waals surface area (Å²) in [7, 11) is 0. The molecule has 2 aromatic rings. The summed E-state index contributed by atoms with van der Waals surface area (Å²) in [4.78, 5) is 4.76. The van der Waals surface area contributed by atoms with Crippen molar-refractivity contribution in [3.8, 4) is 11.3 Å². The van der Waals surface area contributed by atoms with Crippen molar-refractivity contribution >= 4 is 29.0 Å². The second kappa shape index (κ2) is 5.30. The highest BCUT2D eigenvalue weighted by Gasteiger charge is 2.30. The number of hydrogen-bond acceptors (Lipinski definition) is 2. The van der Waals surface area contributed by atoms with Crippen molar-refractivity contribution in [3.63, 3.8) is 0 Å². The van der Waals surface area contributed by atoms with Crippen LogP contribution >= 0.6 is 23.2 Å². The molecule has 3 nitrogen and oxygen atoms in total. The van der Waals surface area contributed by atoms with Gasteiger partial charge in [-0.15, -0.1) is 0 Å². The van der Waals surface area contributed by atoms with Gasteiger partial charge in [-0.05, 0) is 37.5 Å². The van der Waals surface area contributed by atoms with Crippen molar-refractivity contribution in [1.82, 2.24) is 9.55 Å². The first-order valence-corrected chi connectivity index (χ1v) is 7.68. The number of nitrogens with zero attached hydrogens (tertiary/aromatic N) is 2. The van der Waals surface area contributed by atoms with Gasteiger partial charge < -0.3 is 10.3 Å². The highest BCUT2D eigenvalue weighted by Crippen LogP contribution is 2.42. The Morgan fingerprint density at radius 1 is 1.25 bits per heavy atom. The van der Waals surface area contributed by atoms with Crippen molar-refractivity contribution in [3.05, 3.63) is 34.1 Å². The van der Waals surface area contributed by atoms with Gasteiger partial charge in [-0.3, -0.25) is 0 Å². The van der Waals surface area contributed by atoms with Crippen LogP contribution in [0, 0.1) is 0 Å². The van der Waals surface area contributed by atoms with Gasteiger partial charge in [-0.2, -0.15) is 0 Å². The topological polar surface area (TPSA) is 43.8 Å². The minimum absolute atomic E-state index is 0.562. The lowest BCUT2D eigenvalue weighted by Gasteiger charge is -2.07. The van der Waals surface area contributed by atoms with E-state index in [4.69, 9.17) is 33.9 Å². The summed E-state index contributed by atoms with van der Waals surface area (Å²) in [5.74, 6) is 2.38. The summed E-state index contributed by atoms with van der Waals surface area (Å²) in [6.45, 7) is 3.05. The van der Waals surface area contributed by atoms with Crippen LogP contribution in [-0.4, -0.2) is 9.55 Å². The van der Waals surface area contributed by atoms with Crippen LogP contribution in [-0.2, 0) is 6.54 Å². The highest BCUT2D eigenvalue weighted by atomic mass is 35.5. The molecule has 1 saturated carbocycles. The zero-order chi connectivity index (χ0) is 14.3. The van der Waals surface area contributed by atoms with Crippen molar-refractivity contribution in [2.45, 2.75) is 38.6 Å². The molecule has 20 heavy (non-hydrogen) atoms. The zero-order valence-electron chi connectivity index (χ0n) is 11.4. The maximum Gasteiger partial charge on any atom is 0.131 e. The number of halogens is 2. The van der Waals surface area contributed by atoms with Gasteiger partial charge in [0.1, 0.15) is 17.3 Å². The molecule has 3 rings (SSSR count). The van der Waals surface area contributed by atoms with Gasteiger partial charge in [-0.25, -0.2) is 4.98 Å². The second-order valence-electron chi connectivity index (χ2n) is 5.29. The molecule has 0 saturated heterocycles. The summed E-state index contributed by atoms with van der Waals surface area (Å²) < 4.78 is 2.14. The average molecular weight is 310 g/mol. The number of hydrogen-bond donors (Lipinski definition) is 1. The highest BCUT2D eigenvalue weighted by molar-refractivity contribution is 6.35. The van der Waals surface area contributed by atoms with Crippen LogP contribution in [0.3, 0.4) is 0 Å². The maximum absolute atomic E-state index is 6.30. The quantitative estimate of drug-likeness (QED) is 0.887. The minimum Gasteiger partial charge on any atom is -0.383 e. The summed E-state index contributed by atoms with van der Waals surface area (Å²) in [6.07, 6.45) is 3.45. The molecular formula is C15H17Cl2N3. The minimum atomic E-state index is 0.562. The molecule has 1 aliphatic carbocycles. The number of anilines is 1. The van der Waals surface area contributed by atoms with Gasteiger partial charge in [0.05, 0.1) is 0 Å². The SMILES string of the molecule is CCCn1c(C2CC2)nc(-c2cc(Cl)cc(Cl)c2)c1N. The van der Waals surface area contributed by atoms with Crippen LogP contribution in [0.1, 0.15) is 37.9 Å². The van der Waals surface area contributed by atoms with E-state index in [1.54, 1.807) is 6.07 Å². The zero-order valence-corrected chi connectivity index (χ0v) is 12.9. The number of nitrogen functional groups attached to an aromatic ring is 1. The van der Waals surface area contributed by atoms with Crippen LogP contribution in [0.15, 0.2) is 18.2 Å². The van der Waals surface area contributed by atoms with E-state index in [2.05, 4.69) is 11.5 Å². The molecule has 0 amide bonds. The van der Waals surface area contributed by atoms with Crippen molar-refractivity contribution < 1.29 is 0 Å². The molecule has 0 radical (unpaired) electrons. The first-order valence-electron chi connectivity index (χ1n) is 6.92. The van der Waals surface area contributed by atoms with Crippen LogP contribution in [0.25, 0.3) is 11.3 Å². The van der Waals surface area contributed by atoms with Crippen LogP contribution in [0.2, 0.25) is 10.0 Å².